The molecule has 1 nitrogen and oxygen atoms in total. The van der Waals surface area contributed by atoms with Crippen molar-refractivity contribution in [3.8, 4) is 0 Å². The molecule has 0 aliphatic carbocycles. The Bertz CT molecular complexity index is 551. The third-order valence-corrected chi connectivity index (χ3v) is 4.36. The van der Waals surface area contributed by atoms with E-state index < -0.39 is 0 Å². The highest BCUT2D eigenvalue weighted by molar-refractivity contribution is 5.85. The van der Waals surface area contributed by atoms with Crippen LogP contribution >= 0.6 is 0 Å². The van der Waals surface area contributed by atoms with Crippen LogP contribution in [0.4, 0.5) is 0 Å². The molecule has 0 radical (unpaired) electrons. The lowest BCUT2D eigenvalue weighted by molar-refractivity contribution is 0.303. The first-order chi connectivity index (χ1) is 10.1. The second kappa shape index (κ2) is 7.61. The molecule has 0 aromatic heterocycles. The maximum absolute atomic E-state index is 3.52. The monoisotopic (exact) mass is 283 g/mol. The number of rotatable bonds is 8. The molecule has 0 heterocycles. The number of fused-ring (bicyclic) bond motifs is 1. The summed E-state index contributed by atoms with van der Waals surface area (Å²) < 4.78 is 0. The van der Waals surface area contributed by atoms with E-state index in [4.69, 9.17) is 0 Å². The molecule has 2 aromatic carbocycles. The van der Waals surface area contributed by atoms with Gasteiger partial charge in [-0.25, -0.2) is 0 Å². The predicted octanol–water partition coefficient (Wildman–Crippen LogP) is 5.19. The molecule has 0 bridgehead atoms. The Hall–Kier alpha value is -1.34. The van der Waals surface area contributed by atoms with Gasteiger partial charge >= 0.3 is 0 Å². The van der Waals surface area contributed by atoms with Crippen molar-refractivity contribution in [2.45, 2.75) is 46.5 Å². The highest BCUT2D eigenvalue weighted by Crippen LogP contribution is 2.28. The summed E-state index contributed by atoms with van der Waals surface area (Å²) in [6.45, 7) is 9.28. The molecule has 0 amide bonds. The van der Waals surface area contributed by atoms with Gasteiger partial charge in [-0.1, -0.05) is 63.2 Å². The minimum absolute atomic E-state index is 0.400. The van der Waals surface area contributed by atoms with Gasteiger partial charge in [0.15, 0.2) is 0 Å². The highest BCUT2D eigenvalue weighted by Gasteiger charge is 2.17. The number of aryl methyl sites for hydroxylation is 1. The van der Waals surface area contributed by atoms with Crippen LogP contribution in [0.25, 0.3) is 10.8 Å². The summed E-state index contributed by atoms with van der Waals surface area (Å²) in [6.07, 6.45) is 4.88. The zero-order valence-electron chi connectivity index (χ0n) is 13.8. The Morgan fingerprint density at radius 3 is 2.48 bits per heavy atom. The number of nitrogens with one attached hydrogen (secondary N) is 1. The number of hydrogen-bond donors (Lipinski definition) is 1. The summed E-state index contributed by atoms with van der Waals surface area (Å²) in [7, 11) is 0. The van der Waals surface area contributed by atoms with Crippen LogP contribution in [0, 0.1) is 5.41 Å². The standard InChI is InChI=1S/C20H29N/c1-4-15-21-16-14-20(2,3)13-12-18-10-7-9-17-8-5-6-11-19(17)18/h5-11,21H,4,12-16H2,1-3H3. The van der Waals surface area contributed by atoms with Gasteiger partial charge in [-0.2, -0.15) is 0 Å². The Balaban J connectivity index is 1.94. The van der Waals surface area contributed by atoms with Crippen molar-refractivity contribution in [1.82, 2.24) is 5.32 Å². The molecular weight excluding hydrogens is 254 g/mol. The molecule has 0 atom stereocenters. The lowest BCUT2D eigenvalue weighted by atomic mass is 9.82. The van der Waals surface area contributed by atoms with E-state index in [2.05, 4.69) is 68.6 Å². The van der Waals surface area contributed by atoms with Crippen molar-refractivity contribution in [2.75, 3.05) is 13.1 Å². The number of benzene rings is 2. The van der Waals surface area contributed by atoms with Crippen LogP contribution in [0.2, 0.25) is 0 Å². The fraction of sp³-hybridized carbons (Fsp3) is 0.500. The van der Waals surface area contributed by atoms with Crippen LogP contribution in [0.1, 0.15) is 45.6 Å². The van der Waals surface area contributed by atoms with E-state index >= 15 is 0 Å². The van der Waals surface area contributed by atoms with E-state index in [-0.39, 0.29) is 0 Å². The largest absolute Gasteiger partial charge is 0.317 e. The minimum atomic E-state index is 0.400. The van der Waals surface area contributed by atoms with E-state index in [0.717, 1.165) is 13.1 Å². The molecule has 1 N–H and O–H groups in total. The van der Waals surface area contributed by atoms with Crippen molar-refractivity contribution >= 4 is 10.8 Å². The van der Waals surface area contributed by atoms with Crippen molar-refractivity contribution in [3.05, 3.63) is 48.0 Å². The van der Waals surface area contributed by atoms with Gasteiger partial charge in [0, 0.05) is 0 Å². The van der Waals surface area contributed by atoms with Gasteiger partial charge in [-0.15, -0.1) is 0 Å². The van der Waals surface area contributed by atoms with Crippen molar-refractivity contribution in [2.24, 2.45) is 5.41 Å². The maximum atomic E-state index is 3.52. The van der Waals surface area contributed by atoms with E-state index in [9.17, 15) is 0 Å². The molecule has 2 aromatic rings. The Morgan fingerprint density at radius 1 is 0.905 bits per heavy atom. The maximum Gasteiger partial charge on any atom is -0.00438 e. The third kappa shape index (κ3) is 4.86. The minimum Gasteiger partial charge on any atom is -0.317 e. The zero-order valence-corrected chi connectivity index (χ0v) is 13.8. The highest BCUT2D eigenvalue weighted by atomic mass is 14.8. The average molecular weight is 283 g/mol. The molecule has 0 fully saturated rings. The van der Waals surface area contributed by atoms with Crippen LogP contribution in [0.15, 0.2) is 42.5 Å². The smallest absolute Gasteiger partial charge is 0.00438 e. The van der Waals surface area contributed by atoms with Crippen molar-refractivity contribution in [1.29, 1.82) is 0 Å². The summed E-state index contributed by atoms with van der Waals surface area (Å²) in [5, 5.41) is 6.29. The van der Waals surface area contributed by atoms with Gasteiger partial charge in [0.2, 0.25) is 0 Å². The summed E-state index contributed by atoms with van der Waals surface area (Å²) in [6, 6.07) is 15.4. The molecular formula is C20H29N. The average Bonchev–Trinajstić information content (AvgIpc) is 2.50. The second-order valence-corrected chi connectivity index (χ2v) is 6.80. The summed E-state index contributed by atoms with van der Waals surface area (Å²) in [5.74, 6) is 0. The second-order valence-electron chi connectivity index (χ2n) is 6.80. The van der Waals surface area contributed by atoms with Crippen LogP contribution in [-0.4, -0.2) is 13.1 Å². The van der Waals surface area contributed by atoms with E-state index in [1.165, 1.54) is 42.0 Å². The van der Waals surface area contributed by atoms with Crippen LogP contribution in [-0.2, 0) is 6.42 Å². The van der Waals surface area contributed by atoms with Gasteiger partial charge in [0.1, 0.15) is 0 Å². The molecule has 0 saturated carbocycles. The lowest BCUT2D eigenvalue weighted by Gasteiger charge is -2.25. The normalized spacial score (nSPS) is 12.0. The van der Waals surface area contributed by atoms with Crippen LogP contribution in [0.3, 0.4) is 0 Å². The van der Waals surface area contributed by atoms with Gasteiger partial charge in [-0.05, 0) is 60.5 Å². The van der Waals surface area contributed by atoms with E-state index in [1.807, 2.05) is 0 Å². The topological polar surface area (TPSA) is 12.0 Å². The summed E-state index contributed by atoms with van der Waals surface area (Å²) >= 11 is 0. The van der Waals surface area contributed by atoms with E-state index in [0.29, 0.717) is 5.41 Å². The van der Waals surface area contributed by atoms with Crippen molar-refractivity contribution in [3.63, 3.8) is 0 Å². The quantitative estimate of drug-likeness (QED) is 0.657. The molecule has 114 valence electrons. The Morgan fingerprint density at radius 2 is 1.67 bits per heavy atom. The molecule has 2 rings (SSSR count). The lowest BCUT2D eigenvalue weighted by Crippen LogP contribution is -2.23. The molecule has 0 spiro atoms. The van der Waals surface area contributed by atoms with Crippen LogP contribution < -0.4 is 5.32 Å². The van der Waals surface area contributed by atoms with Gasteiger partial charge in [-0.3, -0.25) is 0 Å². The molecule has 0 unspecified atom stereocenters. The molecule has 0 saturated heterocycles. The number of hydrogen-bond acceptors (Lipinski definition) is 1. The Kier molecular flexibility index (Phi) is 5.81. The molecule has 1 heteroatoms. The van der Waals surface area contributed by atoms with Gasteiger partial charge in [0.25, 0.3) is 0 Å². The third-order valence-electron chi connectivity index (χ3n) is 4.36. The SMILES string of the molecule is CCCNCCC(C)(C)CCc1cccc2ccccc12. The van der Waals surface area contributed by atoms with Gasteiger partial charge < -0.3 is 5.32 Å². The first-order valence-electron chi connectivity index (χ1n) is 8.30. The van der Waals surface area contributed by atoms with E-state index in [1.54, 1.807) is 0 Å². The predicted molar refractivity (Wildman–Crippen MR) is 93.8 cm³/mol. The van der Waals surface area contributed by atoms with Crippen LogP contribution in [0.5, 0.6) is 0 Å². The molecule has 0 aliphatic rings. The summed E-state index contributed by atoms with van der Waals surface area (Å²) in [5.41, 5.74) is 1.89. The Labute approximate surface area is 129 Å². The van der Waals surface area contributed by atoms with Crippen molar-refractivity contribution < 1.29 is 0 Å². The zero-order chi connectivity index (χ0) is 15.1. The fourth-order valence-corrected chi connectivity index (χ4v) is 2.84. The fourth-order valence-electron chi connectivity index (χ4n) is 2.84. The van der Waals surface area contributed by atoms with Gasteiger partial charge in [0.05, 0.1) is 0 Å². The first-order valence-corrected chi connectivity index (χ1v) is 8.30. The molecule has 21 heavy (non-hydrogen) atoms. The molecule has 0 aliphatic heterocycles. The summed E-state index contributed by atoms with van der Waals surface area (Å²) in [4.78, 5) is 0. The first kappa shape index (κ1) is 16.0.